The van der Waals surface area contributed by atoms with Gasteiger partial charge in [0.05, 0.1) is 33.3 Å². The van der Waals surface area contributed by atoms with Gasteiger partial charge in [-0.1, -0.05) is 77.5 Å². The third-order valence-corrected chi connectivity index (χ3v) is 6.52. The van der Waals surface area contributed by atoms with Crippen molar-refractivity contribution < 1.29 is 9.59 Å². The maximum Gasteiger partial charge on any atom is 0.253 e. The van der Waals surface area contributed by atoms with E-state index < -0.39 is 6.04 Å². The molecule has 4 rings (SSSR count). The van der Waals surface area contributed by atoms with Gasteiger partial charge in [0.15, 0.2) is 5.13 Å². The van der Waals surface area contributed by atoms with Crippen LogP contribution < -0.4 is 10.2 Å². The van der Waals surface area contributed by atoms with Gasteiger partial charge in [0.1, 0.15) is 0 Å². The van der Waals surface area contributed by atoms with Gasteiger partial charge in [-0.2, -0.15) is 0 Å². The largest absolute Gasteiger partial charge is 0.345 e. The molecule has 0 aliphatic carbocycles. The lowest BCUT2D eigenvalue weighted by molar-refractivity contribution is -0.119. The number of amides is 2. The number of nitrogens with one attached hydrogen (secondary N) is 1. The fourth-order valence-corrected chi connectivity index (χ4v) is 4.77. The van der Waals surface area contributed by atoms with Gasteiger partial charge in [0.25, 0.3) is 5.91 Å². The van der Waals surface area contributed by atoms with Crippen molar-refractivity contribution in [3.63, 3.8) is 0 Å². The minimum Gasteiger partial charge on any atom is -0.345 e. The van der Waals surface area contributed by atoms with Crippen LogP contribution in [0.1, 0.15) is 35.3 Å². The van der Waals surface area contributed by atoms with Crippen LogP contribution in [0.2, 0.25) is 5.02 Å². The molecule has 162 valence electrons. The number of para-hydroxylation sites is 1. The van der Waals surface area contributed by atoms with Crippen molar-refractivity contribution in [2.45, 2.75) is 19.4 Å². The molecule has 0 spiro atoms. The van der Waals surface area contributed by atoms with Gasteiger partial charge < -0.3 is 5.32 Å². The smallest absolute Gasteiger partial charge is 0.253 e. The summed E-state index contributed by atoms with van der Waals surface area (Å²) in [5, 5.41) is 4.01. The normalized spacial score (nSPS) is 11.8. The molecule has 3 aromatic carbocycles. The number of anilines is 1. The first-order valence-corrected chi connectivity index (χ1v) is 11.5. The zero-order chi connectivity index (χ0) is 22.5. The van der Waals surface area contributed by atoms with Crippen LogP contribution in [0, 0.1) is 0 Å². The summed E-state index contributed by atoms with van der Waals surface area (Å²) in [5.74, 6) is -0.430. The molecule has 32 heavy (non-hydrogen) atoms. The van der Waals surface area contributed by atoms with Crippen LogP contribution >= 0.6 is 22.9 Å². The first-order valence-electron chi connectivity index (χ1n) is 10.3. The highest BCUT2D eigenvalue weighted by Gasteiger charge is 2.25. The molecule has 7 heteroatoms. The van der Waals surface area contributed by atoms with E-state index >= 15 is 0 Å². The van der Waals surface area contributed by atoms with Crippen LogP contribution in [0.4, 0.5) is 5.13 Å². The van der Waals surface area contributed by atoms with Crippen LogP contribution in [0.15, 0.2) is 78.9 Å². The summed E-state index contributed by atoms with van der Waals surface area (Å²) >= 11 is 7.69. The number of rotatable bonds is 7. The van der Waals surface area contributed by atoms with Crippen molar-refractivity contribution in [1.82, 2.24) is 10.3 Å². The van der Waals surface area contributed by atoms with Crippen molar-refractivity contribution in [3.05, 3.63) is 95.0 Å². The summed E-state index contributed by atoms with van der Waals surface area (Å²) in [7, 11) is 0. The van der Waals surface area contributed by atoms with E-state index in [2.05, 4.69) is 10.3 Å². The Hall–Kier alpha value is -3.22. The van der Waals surface area contributed by atoms with Gasteiger partial charge in [-0.3, -0.25) is 14.5 Å². The molecule has 1 unspecified atom stereocenters. The number of thiazole rings is 1. The first kappa shape index (κ1) is 22.0. The van der Waals surface area contributed by atoms with E-state index in [1.165, 1.54) is 11.3 Å². The van der Waals surface area contributed by atoms with E-state index in [4.69, 9.17) is 11.6 Å². The van der Waals surface area contributed by atoms with E-state index in [1.54, 1.807) is 29.2 Å². The fraction of sp³-hybridized carbons (Fsp3) is 0.160. The van der Waals surface area contributed by atoms with Crippen LogP contribution in [0.3, 0.4) is 0 Å². The van der Waals surface area contributed by atoms with Gasteiger partial charge in [0, 0.05) is 6.54 Å². The van der Waals surface area contributed by atoms with E-state index in [0.29, 0.717) is 22.3 Å². The van der Waals surface area contributed by atoms with Crippen LogP contribution in [0.5, 0.6) is 0 Å². The standard InChI is InChI=1S/C25H22ClN3O2S/c1-2-29(25-28-20-14-8-9-15-22(20)32-25)23(30)16-21(17-10-4-3-5-11-17)27-24(31)18-12-6-7-13-19(18)26/h3-15,21H,2,16H2,1H3,(H,27,31). The molecule has 0 saturated heterocycles. The minimum atomic E-state index is -0.504. The van der Waals surface area contributed by atoms with E-state index in [-0.39, 0.29) is 18.2 Å². The summed E-state index contributed by atoms with van der Waals surface area (Å²) in [6, 6.07) is 23.7. The van der Waals surface area contributed by atoms with Crippen molar-refractivity contribution in [2.24, 2.45) is 0 Å². The quantitative estimate of drug-likeness (QED) is 0.373. The lowest BCUT2D eigenvalue weighted by Gasteiger charge is -2.23. The Morgan fingerprint density at radius 3 is 2.41 bits per heavy atom. The number of hydrogen-bond donors (Lipinski definition) is 1. The van der Waals surface area contributed by atoms with Gasteiger partial charge in [-0.05, 0) is 36.8 Å². The second-order valence-electron chi connectivity index (χ2n) is 7.22. The zero-order valence-corrected chi connectivity index (χ0v) is 19.1. The van der Waals surface area contributed by atoms with E-state index in [1.807, 2.05) is 61.5 Å². The molecular weight excluding hydrogens is 442 g/mol. The van der Waals surface area contributed by atoms with Crippen molar-refractivity contribution >= 4 is 50.1 Å². The number of halogens is 1. The molecule has 1 atom stereocenters. The molecule has 0 bridgehead atoms. The number of benzene rings is 3. The van der Waals surface area contributed by atoms with Gasteiger partial charge in [-0.25, -0.2) is 4.98 Å². The average Bonchev–Trinajstić information content (AvgIpc) is 3.23. The van der Waals surface area contributed by atoms with Crippen LogP contribution in [-0.2, 0) is 4.79 Å². The predicted molar refractivity (Wildman–Crippen MR) is 130 cm³/mol. The molecule has 0 aliphatic heterocycles. The number of carbonyl (C=O) groups is 2. The molecule has 1 heterocycles. The summed E-state index contributed by atoms with van der Waals surface area (Å²) in [5.41, 5.74) is 2.09. The molecule has 4 aromatic rings. The number of carbonyl (C=O) groups excluding carboxylic acids is 2. The molecule has 1 N–H and O–H groups in total. The van der Waals surface area contributed by atoms with Gasteiger partial charge >= 0.3 is 0 Å². The fourth-order valence-electron chi connectivity index (χ4n) is 3.50. The third kappa shape index (κ3) is 4.82. The Kier molecular flexibility index (Phi) is 6.83. The highest BCUT2D eigenvalue weighted by molar-refractivity contribution is 7.22. The third-order valence-electron chi connectivity index (χ3n) is 5.14. The molecule has 1 aromatic heterocycles. The second-order valence-corrected chi connectivity index (χ2v) is 8.64. The molecular formula is C25H22ClN3O2S. The number of hydrogen-bond acceptors (Lipinski definition) is 4. The number of aromatic nitrogens is 1. The second kappa shape index (κ2) is 9.94. The van der Waals surface area contributed by atoms with Crippen molar-refractivity contribution in [1.29, 1.82) is 0 Å². The van der Waals surface area contributed by atoms with Crippen molar-refractivity contribution in [2.75, 3.05) is 11.4 Å². The van der Waals surface area contributed by atoms with Gasteiger partial charge in [0.2, 0.25) is 5.91 Å². The number of fused-ring (bicyclic) bond motifs is 1. The molecule has 0 saturated carbocycles. The highest BCUT2D eigenvalue weighted by atomic mass is 35.5. The van der Waals surface area contributed by atoms with Crippen molar-refractivity contribution in [3.8, 4) is 0 Å². The van der Waals surface area contributed by atoms with Gasteiger partial charge in [-0.15, -0.1) is 0 Å². The summed E-state index contributed by atoms with van der Waals surface area (Å²) in [6.07, 6.45) is 0.101. The maximum atomic E-state index is 13.3. The molecule has 0 fully saturated rings. The SMILES string of the molecule is CCN(C(=O)CC(NC(=O)c1ccccc1Cl)c1ccccc1)c1nc2ccccc2s1. The average molecular weight is 464 g/mol. The Bertz CT molecular complexity index is 1210. The predicted octanol–water partition coefficient (Wildman–Crippen LogP) is 5.86. The number of nitrogens with zero attached hydrogens (tertiary/aromatic N) is 2. The van der Waals surface area contributed by atoms with Crippen LogP contribution in [0.25, 0.3) is 10.2 Å². The Morgan fingerprint density at radius 1 is 1.00 bits per heavy atom. The minimum absolute atomic E-state index is 0.101. The van der Waals surface area contributed by atoms with Crippen LogP contribution in [-0.4, -0.2) is 23.3 Å². The summed E-state index contributed by atoms with van der Waals surface area (Å²) in [4.78, 5) is 32.6. The van der Waals surface area contributed by atoms with E-state index in [9.17, 15) is 9.59 Å². The Labute approximate surface area is 195 Å². The molecule has 2 amide bonds. The maximum absolute atomic E-state index is 13.3. The van der Waals surface area contributed by atoms with E-state index in [0.717, 1.165) is 15.8 Å². The molecule has 5 nitrogen and oxygen atoms in total. The summed E-state index contributed by atoms with van der Waals surface area (Å²) < 4.78 is 1.03. The topological polar surface area (TPSA) is 62.3 Å². The lowest BCUT2D eigenvalue weighted by Crippen LogP contribution is -2.36. The Balaban J connectivity index is 1.59. The first-order chi connectivity index (χ1) is 15.6. The molecule has 0 radical (unpaired) electrons. The molecule has 0 aliphatic rings. The summed E-state index contributed by atoms with van der Waals surface area (Å²) in [6.45, 7) is 2.41. The Morgan fingerprint density at radius 2 is 1.69 bits per heavy atom. The lowest BCUT2D eigenvalue weighted by atomic mass is 10.0. The monoisotopic (exact) mass is 463 g/mol. The zero-order valence-electron chi connectivity index (χ0n) is 17.5. The highest BCUT2D eigenvalue weighted by Crippen LogP contribution is 2.30.